The Morgan fingerprint density at radius 2 is 2.06 bits per heavy atom. The number of hydrogen-bond donors (Lipinski definition) is 1. The van der Waals surface area contributed by atoms with Crippen molar-refractivity contribution in [2.24, 2.45) is 0 Å². The Hall–Kier alpha value is -0.580. The fourth-order valence-corrected chi connectivity index (χ4v) is 2.42. The Labute approximate surface area is 114 Å². The Bertz CT molecular complexity index is 346. The topological polar surface area (TPSA) is 15.3 Å². The molecular weight excluding hydrogens is 247 g/mol. The summed E-state index contributed by atoms with van der Waals surface area (Å²) in [7, 11) is 4.00. The Kier molecular flexibility index (Phi) is 7.32. The molecule has 0 radical (unpaired) electrons. The molecule has 1 aromatic rings. The number of halogens is 1. The molecule has 1 atom stereocenters. The normalized spacial score (nSPS) is 12.9. The summed E-state index contributed by atoms with van der Waals surface area (Å²) in [6, 6.07) is 7.09. The van der Waals surface area contributed by atoms with Crippen molar-refractivity contribution in [3.63, 3.8) is 0 Å². The van der Waals surface area contributed by atoms with E-state index in [2.05, 4.69) is 23.5 Å². The highest BCUT2D eigenvalue weighted by molar-refractivity contribution is 7.98. The maximum atomic E-state index is 13.7. The third-order valence-corrected chi connectivity index (χ3v) is 3.70. The molecule has 0 fully saturated rings. The maximum absolute atomic E-state index is 13.7. The monoisotopic (exact) mass is 270 g/mol. The van der Waals surface area contributed by atoms with E-state index in [0.717, 1.165) is 30.8 Å². The van der Waals surface area contributed by atoms with Crippen LogP contribution in [0.25, 0.3) is 0 Å². The lowest BCUT2D eigenvalue weighted by molar-refractivity contribution is 0.326. The van der Waals surface area contributed by atoms with E-state index in [1.54, 1.807) is 6.07 Å². The van der Waals surface area contributed by atoms with Crippen molar-refractivity contribution in [2.75, 3.05) is 39.2 Å². The van der Waals surface area contributed by atoms with Crippen LogP contribution in [-0.4, -0.2) is 44.1 Å². The molecule has 1 aromatic carbocycles. The molecule has 0 aliphatic heterocycles. The van der Waals surface area contributed by atoms with Crippen molar-refractivity contribution in [2.45, 2.75) is 12.5 Å². The Morgan fingerprint density at radius 1 is 1.33 bits per heavy atom. The molecule has 102 valence electrons. The fraction of sp³-hybridized carbons (Fsp3) is 0.571. The molecule has 0 heterocycles. The molecule has 0 aliphatic carbocycles. The third kappa shape index (κ3) is 4.96. The first kappa shape index (κ1) is 15.5. The van der Waals surface area contributed by atoms with Gasteiger partial charge < -0.3 is 10.2 Å². The Morgan fingerprint density at radius 3 is 2.67 bits per heavy atom. The highest BCUT2D eigenvalue weighted by Crippen LogP contribution is 2.19. The van der Waals surface area contributed by atoms with Crippen molar-refractivity contribution >= 4 is 11.8 Å². The predicted molar refractivity (Wildman–Crippen MR) is 78.7 cm³/mol. The van der Waals surface area contributed by atoms with Crippen LogP contribution in [0.1, 0.15) is 18.0 Å². The average Bonchev–Trinajstić information content (AvgIpc) is 2.39. The van der Waals surface area contributed by atoms with Crippen LogP contribution in [0.15, 0.2) is 24.3 Å². The summed E-state index contributed by atoms with van der Waals surface area (Å²) in [5.74, 6) is 1.02. The largest absolute Gasteiger partial charge is 0.313 e. The van der Waals surface area contributed by atoms with E-state index in [1.807, 2.05) is 30.9 Å². The van der Waals surface area contributed by atoms with Crippen LogP contribution in [0.3, 0.4) is 0 Å². The summed E-state index contributed by atoms with van der Waals surface area (Å²) in [6.45, 7) is 2.05. The summed E-state index contributed by atoms with van der Waals surface area (Å²) in [6.07, 6.45) is 3.03. The standard InChI is InChI=1S/C14H23FN2S/c1-16-14(8-9-17(2)10-11-18-3)12-6-4-5-7-13(12)15/h4-7,14,16H,8-11H2,1-3H3. The number of hydrogen-bond acceptors (Lipinski definition) is 3. The molecular formula is C14H23FN2S. The molecule has 0 saturated heterocycles. The van der Waals surface area contributed by atoms with Crippen LogP contribution in [-0.2, 0) is 0 Å². The predicted octanol–water partition coefficient (Wildman–Crippen LogP) is 2.77. The summed E-state index contributed by atoms with van der Waals surface area (Å²) in [4.78, 5) is 2.29. The SMILES string of the molecule is CNC(CCN(C)CCSC)c1ccccc1F. The van der Waals surface area contributed by atoms with E-state index in [9.17, 15) is 4.39 Å². The van der Waals surface area contributed by atoms with Gasteiger partial charge in [0.05, 0.1) is 0 Å². The van der Waals surface area contributed by atoms with E-state index in [1.165, 1.54) is 6.07 Å². The van der Waals surface area contributed by atoms with E-state index in [0.29, 0.717) is 0 Å². The first-order valence-corrected chi connectivity index (χ1v) is 7.67. The molecule has 0 aliphatic rings. The molecule has 0 spiro atoms. The van der Waals surface area contributed by atoms with Crippen LogP contribution < -0.4 is 5.32 Å². The maximum Gasteiger partial charge on any atom is 0.127 e. The number of nitrogens with one attached hydrogen (secondary N) is 1. The summed E-state index contributed by atoms with van der Waals surface area (Å²) in [5, 5.41) is 3.20. The second-order valence-electron chi connectivity index (χ2n) is 4.45. The van der Waals surface area contributed by atoms with Crippen molar-refractivity contribution in [1.82, 2.24) is 10.2 Å². The van der Waals surface area contributed by atoms with E-state index >= 15 is 0 Å². The molecule has 2 nitrogen and oxygen atoms in total. The van der Waals surface area contributed by atoms with Crippen LogP contribution in [0.2, 0.25) is 0 Å². The molecule has 4 heteroatoms. The summed E-state index contributed by atoms with van der Waals surface area (Å²) < 4.78 is 13.7. The van der Waals surface area contributed by atoms with Gasteiger partial charge in [0.2, 0.25) is 0 Å². The molecule has 1 N–H and O–H groups in total. The van der Waals surface area contributed by atoms with Gasteiger partial charge in [-0.25, -0.2) is 4.39 Å². The van der Waals surface area contributed by atoms with Crippen molar-refractivity contribution in [1.29, 1.82) is 0 Å². The molecule has 0 bridgehead atoms. The van der Waals surface area contributed by atoms with Crippen LogP contribution in [0.4, 0.5) is 4.39 Å². The van der Waals surface area contributed by atoms with Gasteiger partial charge in [0.15, 0.2) is 0 Å². The first-order valence-electron chi connectivity index (χ1n) is 6.28. The van der Waals surface area contributed by atoms with Crippen LogP contribution in [0.5, 0.6) is 0 Å². The Balaban J connectivity index is 2.50. The molecule has 1 unspecified atom stereocenters. The first-order chi connectivity index (χ1) is 8.69. The van der Waals surface area contributed by atoms with Gasteiger partial charge >= 0.3 is 0 Å². The average molecular weight is 270 g/mol. The number of rotatable bonds is 8. The minimum atomic E-state index is -0.122. The zero-order valence-corrected chi connectivity index (χ0v) is 12.3. The minimum Gasteiger partial charge on any atom is -0.313 e. The molecule has 0 aromatic heterocycles. The highest BCUT2D eigenvalue weighted by Gasteiger charge is 2.13. The van der Waals surface area contributed by atoms with Gasteiger partial charge in [-0.15, -0.1) is 0 Å². The minimum absolute atomic E-state index is 0.0860. The van der Waals surface area contributed by atoms with Crippen LogP contribution >= 0.6 is 11.8 Å². The second-order valence-corrected chi connectivity index (χ2v) is 5.43. The number of benzene rings is 1. The lowest BCUT2D eigenvalue weighted by Gasteiger charge is -2.21. The van der Waals surface area contributed by atoms with Gasteiger partial charge in [-0.2, -0.15) is 11.8 Å². The zero-order valence-electron chi connectivity index (χ0n) is 11.4. The molecule has 0 amide bonds. The number of nitrogens with zero attached hydrogens (tertiary/aromatic N) is 1. The quantitative estimate of drug-likeness (QED) is 0.782. The van der Waals surface area contributed by atoms with E-state index < -0.39 is 0 Å². The van der Waals surface area contributed by atoms with Gasteiger partial charge in [0, 0.05) is 23.9 Å². The molecule has 0 saturated carbocycles. The summed E-state index contributed by atoms with van der Waals surface area (Å²) >= 11 is 1.85. The third-order valence-electron chi connectivity index (χ3n) is 3.11. The van der Waals surface area contributed by atoms with Gasteiger partial charge in [0.25, 0.3) is 0 Å². The van der Waals surface area contributed by atoms with Gasteiger partial charge in [-0.1, -0.05) is 18.2 Å². The van der Waals surface area contributed by atoms with Crippen molar-refractivity contribution in [3.05, 3.63) is 35.6 Å². The van der Waals surface area contributed by atoms with Crippen molar-refractivity contribution < 1.29 is 4.39 Å². The lowest BCUT2D eigenvalue weighted by Crippen LogP contribution is -2.27. The van der Waals surface area contributed by atoms with Gasteiger partial charge in [-0.05, 0) is 39.4 Å². The second kappa shape index (κ2) is 8.51. The summed E-state index contributed by atoms with van der Waals surface area (Å²) in [5.41, 5.74) is 0.762. The molecule has 18 heavy (non-hydrogen) atoms. The smallest absolute Gasteiger partial charge is 0.127 e. The highest BCUT2D eigenvalue weighted by atomic mass is 32.2. The van der Waals surface area contributed by atoms with Gasteiger partial charge in [-0.3, -0.25) is 0 Å². The van der Waals surface area contributed by atoms with E-state index in [-0.39, 0.29) is 11.9 Å². The van der Waals surface area contributed by atoms with Crippen molar-refractivity contribution in [3.8, 4) is 0 Å². The number of thioether (sulfide) groups is 1. The van der Waals surface area contributed by atoms with Gasteiger partial charge in [0.1, 0.15) is 5.82 Å². The lowest BCUT2D eigenvalue weighted by atomic mass is 10.0. The van der Waals surface area contributed by atoms with E-state index in [4.69, 9.17) is 0 Å². The van der Waals surface area contributed by atoms with Crippen LogP contribution in [0, 0.1) is 5.82 Å². The zero-order chi connectivity index (χ0) is 13.4. The molecule has 1 rings (SSSR count). The fourth-order valence-electron chi connectivity index (χ4n) is 1.92.